The van der Waals surface area contributed by atoms with E-state index in [0.717, 1.165) is 0 Å². The van der Waals surface area contributed by atoms with Crippen LogP contribution in [0.5, 0.6) is 0 Å². The summed E-state index contributed by atoms with van der Waals surface area (Å²) in [7, 11) is 0. The molecule has 108 valence electrons. The second-order valence-corrected chi connectivity index (χ2v) is 0.925. The zero-order valence-electron chi connectivity index (χ0n) is 8.52. The van der Waals surface area contributed by atoms with Gasteiger partial charge in [0.2, 0.25) is 0 Å². The summed E-state index contributed by atoms with van der Waals surface area (Å²) in [4.78, 5) is 9.82. The van der Waals surface area contributed by atoms with E-state index in [9.17, 15) is 4.79 Å². The van der Waals surface area contributed by atoms with Gasteiger partial charge in [0.15, 0.2) is 0 Å². The molecule has 0 unspecified atom stereocenters. The molecule has 0 aliphatic rings. The minimum absolute atomic E-state index is 0. The van der Waals surface area contributed by atoms with Gasteiger partial charge in [-0.05, 0) is 6.92 Å². The van der Waals surface area contributed by atoms with E-state index in [1.807, 2.05) is 0 Å². The molecule has 18 N–H and O–H groups in total. The molecule has 0 spiro atoms. The molecule has 15 heavy (non-hydrogen) atoms. The summed E-state index contributed by atoms with van der Waals surface area (Å²) in [5, 5.41) is 0. The smallest absolute Gasteiger partial charge is 0.302 e. The van der Waals surface area contributed by atoms with Crippen LogP contribution in [0.15, 0.2) is 0 Å². The van der Waals surface area contributed by atoms with Crippen molar-refractivity contribution in [1.29, 1.82) is 0 Å². The van der Waals surface area contributed by atoms with E-state index >= 15 is 0 Å². The first kappa shape index (κ1) is 144. The van der Waals surface area contributed by atoms with Crippen LogP contribution in [0.1, 0.15) is 13.8 Å². The molecular weight excluding hydrogens is 224 g/mol. The van der Waals surface area contributed by atoms with Crippen LogP contribution in [-0.4, -0.2) is 61.9 Å². The predicted octanol–water partition coefficient (Wildman–Crippen LogP) is -6.85. The van der Waals surface area contributed by atoms with Gasteiger partial charge in [-0.15, -0.1) is 0 Å². The molecule has 0 atom stereocenters. The summed E-state index contributed by atoms with van der Waals surface area (Å²) in [6.45, 7) is 3.65. The fourth-order valence-electron chi connectivity index (χ4n) is 0.203. The third kappa shape index (κ3) is 363. The van der Waals surface area contributed by atoms with Crippen LogP contribution in [0.4, 0.5) is 0 Å². The number of carbonyl (C=O) groups excluding carboxylic acids is 1. The molecule has 0 saturated heterocycles. The van der Waals surface area contributed by atoms with E-state index in [1.165, 1.54) is 6.92 Å². The standard InChI is InChI=1S/C4H8O2.9H2O/c1-3-6-4(2)5;;;;;;;;;/h3H2,1-2H3;9*1H2. The van der Waals surface area contributed by atoms with E-state index in [0.29, 0.717) is 6.61 Å². The zero-order chi connectivity index (χ0) is 4.99. The Morgan fingerprint density at radius 2 is 1.00 bits per heavy atom. The van der Waals surface area contributed by atoms with Gasteiger partial charge >= 0.3 is 5.97 Å². The normalized spacial score (nSPS) is 3.07. The fraction of sp³-hybridized carbons (Fsp3) is 0.750. The number of ether oxygens (including phenoxy) is 1. The van der Waals surface area contributed by atoms with Gasteiger partial charge in [0, 0.05) is 6.92 Å². The van der Waals surface area contributed by atoms with Crippen molar-refractivity contribution in [2.75, 3.05) is 6.61 Å². The van der Waals surface area contributed by atoms with E-state index in [4.69, 9.17) is 0 Å². The first-order valence-electron chi connectivity index (χ1n) is 1.90. The minimum Gasteiger partial charge on any atom is -0.466 e. The number of hydrogen-bond donors (Lipinski definition) is 0. The van der Waals surface area contributed by atoms with E-state index < -0.39 is 0 Å². The van der Waals surface area contributed by atoms with Gasteiger partial charge in [-0.1, -0.05) is 0 Å². The first-order valence-corrected chi connectivity index (χ1v) is 1.90. The molecule has 0 aromatic carbocycles. The molecule has 0 aliphatic carbocycles. The first-order chi connectivity index (χ1) is 2.77. The maximum Gasteiger partial charge on any atom is 0.302 e. The summed E-state index contributed by atoms with van der Waals surface area (Å²) in [5.41, 5.74) is 0. The van der Waals surface area contributed by atoms with Crippen LogP contribution in [0.3, 0.4) is 0 Å². The Balaban J connectivity index is -0.00000000347. The van der Waals surface area contributed by atoms with Gasteiger partial charge in [0.25, 0.3) is 0 Å². The lowest BCUT2D eigenvalue weighted by atomic mass is 10.8. The molecule has 0 saturated carbocycles. The lowest BCUT2D eigenvalue weighted by molar-refractivity contribution is -0.140. The Labute approximate surface area is 86.4 Å². The molecule has 11 nitrogen and oxygen atoms in total. The van der Waals surface area contributed by atoms with Gasteiger partial charge in [-0.3, -0.25) is 4.79 Å². The number of hydrogen-bond acceptors (Lipinski definition) is 2. The summed E-state index contributed by atoms with van der Waals surface area (Å²) >= 11 is 0. The molecule has 0 amide bonds. The molecule has 0 bridgehead atoms. The highest BCUT2D eigenvalue weighted by atomic mass is 16.5. The fourth-order valence-corrected chi connectivity index (χ4v) is 0.203. The predicted molar refractivity (Wildman–Crippen MR) is 54.8 cm³/mol. The van der Waals surface area contributed by atoms with E-state index in [2.05, 4.69) is 4.74 Å². The Hall–Kier alpha value is -0.890. The van der Waals surface area contributed by atoms with Crippen molar-refractivity contribution in [3.63, 3.8) is 0 Å². The highest BCUT2D eigenvalue weighted by Crippen LogP contribution is 1.69. The molecule has 0 heterocycles. The van der Waals surface area contributed by atoms with Gasteiger partial charge in [0.1, 0.15) is 0 Å². The van der Waals surface area contributed by atoms with Crippen molar-refractivity contribution in [3.8, 4) is 0 Å². The van der Waals surface area contributed by atoms with E-state index in [1.54, 1.807) is 6.92 Å². The van der Waals surface area contributed by atoms with Gasteiger partial charge in [0.05, 0.1) is 6.61 Å². The third-order valence-electron chi connectivity index (χ3n) is 0.348. The van der Waals surface area contributed by atoms with Crippen molar-refractivity contribution >= 4 is 5.97 Å². The van der Waals surface area contributed by atoms with Crippen LogP contribution in [0.2, 0.25) is 0 Å². The second-order valence-electron chi connectivity index (χ2n) is 0.925. The molecule has 0 rings (SSSR count). The number of carbonyl (C=O) groups is 1. The third-order valence-corrected chi connectivity index (χ3v) is 0.348. The van der Waals surface area contributed by atoms with Crippen LogP contribution in [0.25, 0.3) is 0 Å². The maximum absolute atomic E-state index is 9.82. The average Bonchev–Trinajstić information content (AvgIpc) is 1.35. The average molecular weight is 250 g/mol. The molecule has 0 aliphatic heterocycles. The van der Waals surface area contributed by atoms with Crippen molar-refractivity contribution in [2.45, 2.75) is 13.8 Å². The molecule has 11 heteroatoms. The summed E-state index contributed by atoms with van der Waals surface area (Å²) in [6.07, 6.45) is 0. The van der Waals surface area contributed by atoms with Crippen LogP contribution in [-0.2, 0) is 9.53 Å². The SMILES string of the molecule is CCOC(C)=O.O.O.O.O.O.O.O.O.O. The Morgan fingerprint density at radius 3 is 1.00 bits per heavy atom. The summed E-state index contributed by atoms with van der Waals surface area (Å²) < 4.78 is 4.40. The number of esters is 1. The Bertz CT molecular complexity index is 56.5. The highest BCUT2D eigenvalue weighted by molar-refractivity contribution is 5.65. The van der Waals surface area contributed by atoms with Crippen molar-refractivity contribution in [2.24, 2.45) is 0 Å². The Kier molecular flexibility index (Phi) is 1090. The quantitative estimate of drug-likeness (QED) is 0.409. The highest BCUT2D eigenvalue weighted by Gasteiger charge is 1.81. The lowest BCUT2D eigenvalue weighted by Gasteiger charge is -1.89. The molecular formula is C4H26O11. The van der Waals surface area contributed by atoms with Gasteiger partial charge in [-0.25, -0.2) is 0 Å². The van der Waals surface area contributed by atoms with Crippen molar-refractivity contribution in [3.05, 3.63) is 0 Å². The van der Waals surface area contributed by atoms with Crippen molar-refractivity contribution in [1.82, 2.24) is 0 Å². The molecule has 0 radical (unpaired) electrons. The van der Waals surface area contributed by atoms with Gasteiger partial charge in [-0.2, -0.15) is 0 Å². The Morgan fingerprint density at radius 1 is 0.800 bits per heavy atom. The van der Waals surface area contributed by atoms with Crippen LogP contribution < -0.4 is 0 Å². The summed E-state index contributed by atoms with van der Waals surface area (Å²) in [5.74, 6) is -0.211. The summed E-state index contributed by atoms with van der Waals surface area (Å²) in [6, 6.07) is 0. The maximum atomic E-state index is 9.82. The second kappa shape index (κ2) is 114. The van der Waals surface area contributed by atoms with Gasteiger partial charge < -0.3 is 54.0 Å². The number of rotatable bonds is 1. The minimum atomic E-state index is -0.211. The zero-order valence-corrected chi connectivity index (χ0v) is 8.52. The molecule has 0 aromatic heterocycles. The largest absolute Gasteiger partial charge is 0.466 e. The topological polar surface area (TPSA) is 310 Å². The lowest BCUT2D eigenvalue weighted by Crippen LogP contribution is -1.95. The monoisotopic (exact) mass is 250 g/mol. The van der Waals surface area contributed by atoms with Crippen molar-refractivity contribution < 1.29 is 58.8 Å². The molecule has 0 fully saturated rings. The van der Waals surface area contributed by atoms with Crippen LogP contribution in [0, 0.1) is 0 Å². The van der Waals surface area contributed by atoms with E-state index in [-0.39, 0.29) is 55.3 Å². The molecule has 0 aromatic rings. The van der Waals surface area contributed by atoms with Crippen LogP contribution >= 0.6 is 0 Å².